The Labute approximate surface area is 119 Å². The summed E-state index contributed by atoms with van der Waals surface area (Å²) in [5.41, 5.74) is 9.76. The van der Waals surface area contributed by atoms with Crippen LogP contribution in [-0.4, -0.2) is 55.6 Å². The third kappa shape index (κ3) is 3.85. The van der Waals surface area contributed by atoms with E-state index in [4.69, 9.17) is 10.5 Å². The molecule has 20 heavy (non-hydrogen) atoms. The Morgan fingerprint density at radius 1 is 1.30 bits per heavy atom. The Kier molecular flexibility index (Phi) is 4.81. The molecule has 2 rings (SSSR count). The lowest BCUT2D eigenvalue weighted by molar-refractivity contribution is 0.0662. The number of hydrazine groups is 1. The van der Waals surface area contributed by atoms with Crippen molar-refractivity contribution in [3.05, 3.63) is 23.8 Å². The van der Waals surface area contributed by atoms with Crippen molar-refractivity contribution < 1.29 is 9.53 Å². The van der Waals surface area contributed by atoms with Gasteiger partial charge >= 0.3 is 0 Å². The van der Waals surface area contributed by atoms with Gasteiger partial charge in [-0.05, 0) is 26.1 Å². The lowest BCUT2D eigenvalue weighted by Gasteiger charge is -2.32. The second-order valence-electron chi connectivity index (χ2n) is 4.95. The van der Waals surface area contributed by atoms with Crippen molar-refractivity contribution in [3.63, 3.8) is 0 Å². The van der Waals surface area contributed by atoms with Crippen molar-refractivity contribution in [3.8, 4) is 5.75 Å². The van der Waals surface area contributed by atoms with Gasteiger partial charge < -0.3 is 15.4 Å². The van der Waals surface area contributed by atoms with Gasteiger partial charge in [0.25, 0.3) is 5.91 Å². The fourth-order valence-electron chi connectivity index (χ4n) is 2.13. The highest BCUT2D eigenvalue weighted by atomic mass is 16.5. The zero-order valence-electron chi connectivity index (χ0n) is 12.1. The molecule has 0 atom stereocenters. The van der Waals surface area contributed by atoms with Crippen LogP contribution in [0.3, 0.4) is 0 Å². The summed E-state index contributed by atoms with van der Waals surface area (Å²) in [6.45, 7) is 5.98. The molecule has 1 amide bonds. The molecule has 0 unspecified atom stereocenters. The normalized spacial score (nSPS) is 16.9. The van der Waals surface area contributed by atoms with Gasteiger partial charge in [0.15, 0.2) is 0 Å². The Morgan fingerprint density at radius 2 is 2.00 bits per heavy atom. The largest absolute Gasteiger partial charge is 0.494 e. The Balaban J connectivity index is 2.01. The van der Waals surface area contributed by atoms with Crippen LogP contribution in [0.15, 0.2) is 18.2 Å². The van der Waals surface area contributed by atoms with E-state index >= 15 is 0 Å². The number of ether oxygens (including phenoxy) is 1. The number of likely N-dealkylation sites (N-methyl/N-ethyl adjacent to an activating group) is 1. The fraction of sp³-hybridized carbons (Fsp3) is 0.500. The van der Waals surface area contributed by atoms with Crippen LogP contribution in [0.2, 0.25) is 0 Å². The van der Waals surface area contributed by atoms with Crippen molar-refractivity contribution in [1.29, 1.82) is 0 Å². The van der Waals surface area contributed by atoms with Crippen LogP contribution in [0.1, 0.15) is 17.3 Å². The summed E-state index contributed by atoms with van der Waals surface area (Å²) < 4.78 is 5.40. The number of hydrogen-bond acceptors (Lipinski definition) is 5. The predicted molar refractivity (Wildman–Crippen MR) is 78.6 cm³/mol. The first kappa shape index (κ1) is 14.6. The highest BCUT2D eigenvalue weighted by Crippen LogP contribution is 2.19. The van der Waals surface area contributed by atoms with Gasteiger partial charge in [-0.3, -0.25) is 10.2 Å². The molecule has 1 heterocycles. The van der Waals surface area contributed by atoms with E-state index in [1.807, 2.05) is 11.9 Å². The van der Waals surface area contributed by atoms with E-state index in [1.165, 1.54) is 0 Å². The molecular weight excluding hydrogens is 256 g/mol. The summed E-state index contributed by atoms with van der Waals surface area (Å²) in [7, 11) is 2.07. The van der Waals surface area contributed by atoms with Crippen LogP contribution in [0.25, 0.3) is 0 Å². The van der Waals surface area contributed by atoms with Crippen molar-refractivity contribution >= 4 is 11.6 Å². The third-order valence-corrected chi connectivity index (χ3v) is 3.26. The van der Waals surface area contributed by atoms with Gasteiger partial charge in [-0.25, -0.2) is 5.01 Å². The van der Waals surface area contributed by atoms with E-state index in [1.54, 1.807) is 18.2 Å². The van der Waals surface area contributed by atoms with Crippen LogP contribution in [-0.2, 0) is 0 Å². The molecular formula is C14H22N4O2. The standard InChI is InChI=1S/C14H22N4O2/c1-3-20-13-9-11(8-12(15)10-13)14(19)16-18-6-4-17(2)5-7-18/h8-10H,3-7,15H2,1-2H3,(H,16,19). The molecule has 6 nitrogen and oxygen atoms in total. The number of carbonyl (C=O) groups is 1. The van der Waals surface area contributed by atoms with E-state index < -0.39 is 0 Å². The number of nitrogens with one attached hydrogen (secondary N) is 1. The number of nitrogens with two attached hydrogens (primary N) is 1. The molecule has 6 heteroatoms. The van der Waals surface area contributed by atoms with E-state index in [0.717, 1.165) is 26.2 Å². The summed E-state index contributed by atoms with van der Waals surface area (Å²) >= 11 is 0. The number of amides is 1. The quantitative estimate of drug-likeness (QED) is 0.788. The molecule has 1 aliphatic rings. The maximum absolute atomic E-state index is 12.2. The van der Waals surface area contributed by atoms with Crippen LogP contribution in [0.4, 0.5) is 5.69 Å². The fourth-order valence-corrected chi connectivity index (χ4v) is 2.13. The number of hydrogen-bond donors (Lipinski definition) is 2. The van der Waals surface area contributed by atoms with Gasteiger partial charge in [-0.1, -0.05) is 0 Å². The Morgan fingerprint density at radius 3 is 2.65 bits per heavy atom. The van der Waals surface area contributed by atoms with E-state index in [9.17, 15) is 4.79 Å². The first-order valence-electron chi connectivity index (χ1n) is 6.86. The minimum absolute atomic E-state index is 0.150. The monoisotopic (exact) mass is 278 g/mol. The van der Waals surface area contributed by atoms with Gasteiger partial charge in [0.05, 0.1) is 6.61 Å². The summed E-state index contributed by atoms with van der Waals surface area (Å²) in [5, 5.41) is 1.94. The maximum Gasteiger partial charge on any atom is 0.265 e. The van der Waals surface area contributed by atoms with Crippen LogP contribution >= 0.6 is 0 Å². The average molecular weight is 278 g/mol. The minimum Gasteiger partial charge on any atom is -0.494 e. The molecule has 1 aromatic rings. The van der Waals surface area contributed by atoms with Gasteiger partial charge in [0, 0.05) is 43.5 Å². The number of benzene rings is 1. The molecule has 3 N–H and O–H groups in total. The lowest BCUT2D eigenvalue weighted by Crippen LogP contribution is -2.52. The summed E-state index contributed by atoms with van der Waals surface area (Å²) in [6, 6.07) is 5.09. The van der Waals surface area contributed by atoms with Crippen molar-refractivity contribution in [2.75, 3.05) is 45.6 Å². The number of carbonyl (C=O) groups excluding carboxylic acids is 1. The zero-order valence-corrected chi connectivity index (χ0v) is 12.1. The average Bonchev–Trinajstić information content (AvgIpc) is 2.41. The predicted octanol–water partition coefficient (Wildman–Crippen LogP) is 0.560. The third-order valence-electron chi connectivity index (χ3n) is 3.26. The molecule has 0 bridgehead atoms. The molecule has 0 aromatic heterocycles. The molecule has 0 radical (unpaired) electrons. The molecule has 0 aliphatic carbocycles. The van der Waals surface area contributed by atoms with Crippen molar-refractivity contribution in [2.24, 2.45) is 0 Å². The Bertz CT molecular complexity index is 470. The summed E-state index contributed by atoms with van der Waals surface area (Å²) in [4.78, 5) is 14.5. The lowest BCUT2D eigenvalue weighted by atomic mass is 10.2. The molecule has 1 fully saturated rings. The van der Waals surface area contributed by atoms with Crippen molar-refractivity contribution in [2.45, 2.75) is 6.92 Å². The van der Waals surface area contributed by atoms with Gasteiger partial charge in [0.2, 0.25) is 0 Å². The second-order valence-corrected chi connectivity index (χ2v) is 4.95. The molecule has 1 saturated heterocycles. The zero-order chi connectivity index (χ0) is 14.5. The highest BCUT2D eigenvalue weighted by Gasteiger charge is 2.17. The van der Waals surface area contributed by atoms with Crippen LogP contribution in [0, 0.1) is 0 Å². The number of nitrogen functional groups attached to an aromatic ring is 1. The molecule has 1 aromatic carbocycles. The van der Waals surface area contributed by atoms with Crippen LogP contribution < -0.4 is 15.9 Å². The number of anilines is 1. The van der Waals surface area contributed by atoms with E-state index in [0.29, 0.717) is 23.6 Å². The summed E-state index contributed by atoms with van der Waals surface area (Å²) in [6.07, 6.45) is 0. The Hall–Kier alpha value is -1.79. The second kappa shape index (κ2) is 6.58. The molecule has 0 saturated carbocycles. The molecule has 110 valence electrons. The first-order chi connectivity index (χ1) is 9.58. The maximum atomic E-state index is 12.2. The summed E-state index contributed by atoms with van der Waals surface area (Å²) in [5.74, 6) is 0.471. The SMILES string of the molecule is CCOc1cc(N)cc(C(=O)NN2CCN(C)CC2)c1. The van der Waals surface area contributed by atoms with E-state index in [-0.39, 0.29) is 5.91 Å². The van der Waals surface area contributed by atoms with E-state index in [2.05, 4.69) is 17.4 Å². The number of piperazine rings is 1. The highest BCUT2D eigenvalue weighted by molar-refractivity contribution is 5.95. The smallest absolute Gasteiger partial charge is 0.265 e. The van der Waals surface area contributed by atoms with Gasteiger partial charge in [-0.15, -0.1) is 0 Å². The van der Waals surface area contributed by atoms with Gasteiger partial charge in [0.1, 0.15) is 5.75 Å². The van der Waals surface area contributed by atoms with Crippen molar-refractivity contribution in [1.82, 2.24) is 15.3 Å². The topological polar surface area (TPSA) is 70.8 Å². The molecule has 0 spiro atoms. The number of nitrogens with zero attached hydrogens (tertiary/aromatic N) is 2. The minimum atomic E-state index is -0.150. The van der Waals surface area contributed by atoms with Crippen LogP contribution in [0.5, 0.6) is 5.75 Å². The van der Waals surface area contributed by atoms with Gasteiger partial charge in [-0.2, -0.15) is 0 Å². The number of rotatable bonds is 4. The molecule has 1 aliphatic heterocycles. The first-order valence-corrected chi connectivity index (χ1v) is 6.86.